The predicted molar refractivity (Wildman–Crippen MR) is 286 cm³/mol. The molecule has 0 unspecified atom stereocenters. The average molecular weight is 871 g/mol. The normalized spacial score (nSPS) is 21.0. The molecule has 4 saturated carbocycles. The van der Waals surface area contributed by atoms with Gasteiger partial charge >= 0.3 is 0 Å². The molecule has 0 amide bonds. The molecular weight excluding hydrogens is 821 g/mol. The van der Waals surface area contributed by atoms with Crippen molar-refractivity contribution in [3.8, 4) is 22.3 Å². The number of para-hydroxylation sites is 2. The summed E-state index contributed by atoms with van der Waals surface area (Å²) in [6.45, 7) is 0. The summed E-state index contributed by atoms with van der Waals surface area (Å²) >= 11 is 0. The molecule has 2 heteroatoms. The minimum atomic E-state index is 0.0213. The maximum absolute atomic E-state index is 2.65. The molecule has 1 spiro atoms. The summed E-state index contributed by atoms with van der Waals surface area (Å²) in [4.78, 5) is 5.12. The van der Waals surface area contributed by atoms with Crippen molar-refractivity contribution in [1.29, 1.82) is 0 Å². The Balaban J connectivity index is 0.952. The van der Waals surface area contributed by atoms with Crippen LogP contribution in [0.4, 0.5) is 34.1 Å². The largest absolute Gasteiger partial charge is 0.310 e. The van der Waals surface area contributed by atoms with Crippen LogP contribution in [-0.2, 0) is 5.41 Å². The average Bonchev–Trinajstić information content (AvgIpc) is 3.69. The SMILES string of the molecule is c1ccc(N(c2cccc(-c3cccc4ccccc34)c2)c2ccc3ccc4c(N(c5ccccc5)c5cccc6c5C5(c7ccccc7-6)C6CC7CC(C6)CC5C7)ccc5ccc2c3c54)cc1. The Bertz CT molecular complexity index is 3740. The summed E-state index contributed by atoms with van der Waals surface area (Å²) in [7, 11) is 0. The molecule has 16 rings (SSSR count). The summed E-state index contributed by atoms with van der Waals surface area (Å²) in [5.74, 6) is 3.09. The molecule has 0 atom stereocenters. The molecule has 0 N–H and O–H groups in total. The number of hydrogen-bond acceptors (Lipinski definition) is 2. The van der Waals surface area contributed by atoms with Crippen molar-refractivity contribution in [3.05, 3.63) is 230 Å². The number of hydrogen-bond donors (Lipinski definition) is 0. The Labute approximate surface area is 398 Å². The molecule has 4 fully saturated rings. The second-order valence-corrected chi connectivity index (χ2v) is 20.4. The van der Waals surface area contributed by atoms with Gasteiger partial charge in [-0.1, -0.05) is 164 Å². The van der Waals surface area contributed by atoms with E-state index in [1.165, 1.54) is 120 Å². The second-order valence-electron chi connectivity index (χ2n) is 20.4. The van der Waals surface area contributed by atoms with Crippen molar-refractivity contribution >= 4 is 77.2 Å². The Morgan fingerprint density at radius 3 is 1.59 bits per heavy atom. The molecule has 0 aromatic heterocycles. The molecule has 11 aromatic rings. The van der Waals surface area contributed by atoms with E-state index in [9.17, 15) is 0 Å². The maximum atomic E-state index is 2.65. The number of nitrogens with zero attached hydrogens (tertiary/aromatic N) is 2. The summed E-state index contributed by atoms with van der Waals surface area (Å²) in [6.07, 6.45) is 6.87. The Kier molecular flexibility index (Phi) is 8.28. The topological polar surface area (TPSA) is 6.48 Å². The highest BCUT2D eigenvalue weighted by atomic mass is 15.2. The van der Waals surface area contributed by atoms with Crippen molar-refractivity contribution in [2.45, 2.75) is 37.5 Å². The van der Waals surface area contributed by atoms with Crippen molar-refractivity contribution in [2.24, 2.45) is 23.7 Å². The van der Waals surface area contributed by atoms with E-state index in [4.69, 9.17) is 0 Å². The van der Waals surface area contributed by atoms with Gasteiger partial charge in [-0.05, 0) is 176 Å². The predicted octanol–water partition coefficient (Wildman–Crippen LogP) is 18.1. The number of anilines is 6. The molecule has 0 heterocycles. The lowest BCUT2D eigenvalue weighted by atomic mass is 9.43. The van der Waals surface area contributed by atoms with Crippen LogP contribution in [0.3, 0.4) is 0 Å². The Hall–Kier alpha value is -7.68. The lowest BCUT2D eigenvalue weighted by molar-refractivity contribution is -0.0397. The van der Waals surface area contributed by atoms with E-state index in [0.717, 1.165) is 23.2 Å². The van der Waals surface area contributed by atoms with Crippen LogP contribution < -0.4 is 9.80 Å². The first-order valence-electron chi connectivity index (χ1n) is 24.9. The lowest BCUT2D eigenvalue weighted by Gasteiger charge is -2.61. The summed E-state index contributed by atoms with van der Waals surface area (Å²) in [6, 6.07) is 82.4. The molecule has 0 saturated heterocycles. The van der Waals surface area contributed by atoms with Gasteiger partial charge in [-0.25, -0.2) is 0 Å². The third-order valence-corrected chi connectivity index (χ3v) is 17.1. The molecule has 2 nitrogen and oxygen atoms in total. The number of fused-ring (bicyclic) bond motifs is 4. The van der Waals surface area contributed by atoms with Gasteiger partial charge in [-0.2, -0.15) is 0 Å². The molecular formula is C66H50N2. The summed E-state index contributed by atoms with van der Waals surface area (Å²) in [5, 5.41) is 10.2. The Morgan fingerprint density at radius 1 is 0.338 bits per heavy atom. The highest BCUT2D eigenvalue weighted by molar-refractivity contribution is 6.28. The molecule has 324 valence electrons. The quantitative estimate of drug-likeness (QED) is 0.147. The van der Waals surface area contributed by atoms with Gasteiger partial charge in [-0.15, -0.1) is 0 Å². The van der Waals surface area contributed by atoms with Crippen LogP contribution in [0.1, 0.15) is 43.2 Å². The number of benzene rings is 11. The minimum Gasteiger partial charge on any atom is -0.310 e. The first kappa shape index (κ1) is 38.4. The fraction of sp³-hybridized carbons (Fsp3) is 0.152. The van der Waals surface area contributed by atoms with Crippen LogP contribution in [0, 0.1) is 23.7 Å². The van der Waals surface area contributed by atoms with Crippen LogP contribution in [0.2, 0.25) is 0 Å². The van der Waals surface area contributed by atoms with Crippen molar-refractivity contribution in [3.63, 3.8) is 0 Å². The minimum absolute atomic E-state index is 0.0213. The molecule has 0 radical (unpaired) electrons. The monoisotopic (exact) mass is 870 g/mol. The van der Waals surface area contributed by atoms with E-state index in [2.05, 4.69) is 228 Å². The molecule has 4 bridgehead atoms. The standard InChI is InChI=1S/C66H50N2/c1-3-17-50(18-4-1)67(52-21-11-16-47(41-52)54-24-12-15-44-14-7-8-22-53(44)54)60-34-30-45-29-33-58-61(35-31-46-28-32-57(60)63(45)64(46)58)68(51-19-5-2-6-20-51)62-27-13-25-56-55-23-9-10-26-59(55)66(65(56)62)48-37-42-36-43(39-48)40-49(66)38-42/h1-35,41-43,48-49H,36-40H2. The summed E-state index contributed by atoms with van der Waals surface area (Å²) < 4.78 is 0. The van der Waals surface area contributed by atoms with Gasteiger partial charge in [0.2, 0.25) is 0 Å². The zero-order chi connectivity index (χ0) is 44.5. The van der Waals surface area contributed by atoms with E-state index in [1.807, 2.05) is 0 Å². The van der Waals surface area contributed by atoms with Crippen molar-refractivity contribution in [2.75, 3.05) is 9.80 Å². The van der Waals surface area contributed by atoms with Crippen LogP contribution in [0.15, 0.2) is 218 Å². The van der Waals surface area contributed by atoms with Crippen molar-refractivity contribution in [1.82, 2.24) is 0 Å². The van der Waals surface area contributed by atoms with Gasteiger partial charge in [0.05, 0.1) is 17.1 Å². The van der Waals surface area contributed by atoms with E-state index in [0.29, 0.717) is 11.8 Å². The molecule has 68 heavy (non-hydrogen) atoms. The fourth-order valence-electron chi connectivity index (χ4n) is 14.8. The van der Waals surface area contributed by atoms with Gasteiger partial charge in [0.25, 0.3) is 0 Å². The van der Waals surface area contributed by atoms with Gasteiger partial charge in [-0.3, -0.25) is 0 Å². The smallest absolute Gasteiger partial charge is 0.0540 e. The van der Waals surface area contributed by atoms with Crippen LogP contribution in [0.5, 0.6) is 0 Å². The van der Waals surface area contributed by atoms with Gasteiger partial charge in [0.15, 0.2) is 0 Å². The first-order chi connectivity index (χ1) is 33.7. The van der Waals surface area contributed by atoms with E-state index < -0.39 is 0 Å². The lowest BCUT2D eigenvalue weighted by Crippen LogP contribution is -2.55. The molecule has 11 aromatic carbocycles. The van der Waals surface area contributed by atoms with Crippen LogP contribution in [-0.4, -0.2) is 0 Å². The maximum Gasteiger partial charge on any atom is 0.0540 e. The zero-order valence-corrected chi connectivity index (χ0v) is 38.0. The van der Waals surface area contributed by atoms with E-state index in [1.54, 1.807) is 11.1 Å². The van der Waals surface area contributed by atoms with E-state index in [-0.39, 0.29) is 5.41 Å². The second kappa shape index (κ2) is 14.7. The Morgan fingerprint density at radius 2 is 0.868 bits per heavy atom. The third kappa shape index (κ3) is 5.40. The summed E-state index contributed by atoms with van der Waals surface area (Å²) in [5.41, 5.74) is 15.7. The number of rotatable bonds is 7. The fourth-order valence-corrected chi connectivity index (χ4v) is 14.8. The zero-order valence-electron chi connectivity index (χ0n) is 38.0. The first-order valence-corrected chi connectivity index (χ1v) is 24.9. The van der Waals surface area contributed by atoms with Crippen LogP contribution >= 0.6 is 0 Å². The third-order valence-electron chi connectivity index (χ3n) is 17.1. The molecule has 5 aliphatic carbocycles. The highest BCUT2D eigenvalue weighted by Crippen LogP contribution is 2.71. The van der Waals surface area contributed by atoms with Gasteiger partial charge in [0, 0.05) is 33.2 Å². The van der Waals surface area contributed by atoms with Crippen LogP contribution in [0.25, 0.3) is 65.3 Å². The molecule has 0 aliphatic heterocycles. The highest BCUT2D eigenvalue weighted by Gasteiger charge is 2.62. The van der Waals surface area contributed by atoms with Gasteiger partial charge in [0.1, 0.15) is 0 Å². The van der Waals surface area contributed by atoms with Gasteiger partial charge < -0.3 is 9.80 Å². The molecule has 5 aliphatic rings. The van der Waals surface area contributed by atoms with Crippen molar-refractivity contribution < 1.29 is 0 Å². The van der Waals surface area contributed by atoms with E-state index >= 15 is 0 Å².